The minimum absolute atomic E-state index is 0.00659. The lowest BCUT2D eigenvalue weighted by molar-refractivity contribution is -0.131. The number of piperazine rings is 1. The molecule has 0 spiro atoms. The van der Waals surface area contributed by atoms with Crippen LogP contribution in [-0.2, 0) is 14.8 Å². The summed E-state index contributed by atoms with van der Waals surface area (Å²) in [7, 11) is -3.75. The zero-order valence-electron chi connectivity index (χ0n) is 19.6. The van der Waals surface area contributed by atoms with Gasteiger partial charge < -0.3 is 10.2 Å². The molecule has 1 heterocycles. The van der Waals surface area contributed by atoms with Crippen molar-refractivity contribution in [3.8, 4) is 0 Å². The summed E-state index contributed by atoms with van der Waals surface area (Å²) in [6.07, 6.45) is 0.185. The number of aryl methyl sites for hydroxylation is 3. The van der Waals surface area contributed by atoms with Crippen molar-refractivity contribution >= 4 is 15.9 Å². The molecule has 6 nitrogen and oxygen atoms in total. The molecular weight excluding hydrogens is 422 g/mol. The average Bonchev–Trinajstić information content (AvgIpc) is 2.79. The number of nitrogens with zero attached hydrogens (tertiary/aromatic N) is 2. The Kier molecular flexibility index (Phi) is 8.09. The summed E-state index contributed by atoms with van der Waals surface area (Å²) in [5.74, 6) is 0.0167. The molecule has 1 aliphatic heterocycles. The summed E-state index contributed by atoms with van der Waals surface area (Å²) in [6.45, 7) is 11.2. The van der Waals surface area contributed by atoms with E-state index in [2.05, 4.69) is 5.32 Å². The van der Waals surface area contributed by atoms with Crippen molar-refractivity contribution < 1.29 is 13.2 Å². The van der Waals surface area contributed by atoms with Crippen LogP contribution in [0.1, 0.15) is 41.5 Å². The van der Waals surface area contributed by atoms with Crippen molar-refractivity contribution in [2.75, 3.05) is 39.3 Å². The molecule has 32 heavy (non-hydrogen) atoms. The highest BCUT2D eigenvalue weighted by molar-refractivity contribution is 7.89. The molecule has 7 heteroatoms. The highest BCUT2D eigenvalue weighted by atomic mass is 32.2. The molecular formula is C25H35N3O3S. The lowest BCUT2D eigenvalue weighted by Gasteiger charge is -2.30. The average molecular weight is 458 g/mol. The number of amides is 1. The minimum atomic E-state index is -3.75. The number of nitrogens with one attached hydrogen (secondary N) is 1. The van der Waals surface area contributed by atoms with Crippen LogP contribution >= 0.6 is 0 Å². The van der Waals surface area contributed by atoms with E-state index in [1.54, 1.807) is 6.07 Å². The lowest BCUT2D eigenvalue weighted by atomic mass is 10.0. The first kappa shape index (κ1) is 24.4. The van der Waals surface area contributed by atoms with Crippen LogP contribution in [0.5, 0.6) is 0 Å². The number of carbonyl (C=O) groups excluding carboxylic acids is 1. The highest BCUT2D eigenvalue weighted by Gasteiger charge is 2.29. The van der Waals surface area contributed by atoms with E-state index < -0.39 is 10.0 Å². The van der Waals surface area contributed by atoms with Gasteiger partial charge in [-0.05, 0) is 55.0 Å². The number of rotatable bonds is 8. The summed E-state index contributed by atoms with van der Waals surface area (Å²) in [6, 6.07) is 13.6. The normalized spacial score (nSPS) is 15.7. The molecule has 0 aliphatic carbocycles. The fraction of sp³-hybridized carbons (Fsp3) is 0.480. The summed E-state index contributed by atoms with van der Waals surface area (Å²) in [5.41, 5.74) is 3.83. The zero-order chi connectivity index (χ0) is 23.3. The van der Waals surface area contributed by atoms with E-state index in [9.17, 15) is 13.2 Å². The van der Waals surface area contributed by atoms with E-state index in [0.29, 0.717) is 24.5 Å². The van der Waals surface area contributed by atoms with Crippen LogP contribution in [0.25, 0.3) is 0 Å². The van der Waals surface area contributed by atoms with Crippen molar-refractivity contribution in [1.29, 1.82) is 0 Å². The van der Waals surface area contributed by atoms with E-state index in [0.717, 1.165) is 35.3 Å². The fourth-order valence-corrected chi connectivity index (χ4v) is 5.97. The minimum Gasteiger partial charge on any atom is -0.340 e. The van der Waals surface area contributed by atoms with E-state index >= 15 is 0 Å². The largest absolute Gasteiger partial charge is 0.340 e. The maximum Gasteiger partial charge on any atom is 0.243 e. The lowest BCUT2D eigenvalue weighted by Crippen LogP contribution is -2.47. The Bertz CT molecular complexity index is 1030. The van der Waals surface area contributed by atoms with Gasteiger partial charge in [0.05, 0.1) is 4.90 Å². The van der Waals surface area contributed by atoms with Crippen molar-refractivity contribution in [2.24, 2.45) is 0 Å². The standard InChI is InChI=1S/C25H35N3O3S/c1-19-16-21(3)24(17-20(19)2)32(30,31)28(18-22(4)23-8-6-5-7-9-23)13-10-25(29)27-14-11-26-12-15-27/h5-9,16-17,22,26H,10-15,18H2,1-4H3/t22-/m1/s1. The molecule has 174 valence electrons. The van der Waals surface area contributed by atoms with Crippen LogP contribution in [0.2, 0.25) is 0 Å². The molecule has 0 aromatic heterocycles. The number of carbonyl (C=O) groups is 1. The molecule has 2 aromatic rings. The van der Waals surface area contributed by atoms with Crippen molar-refractivity contribution in [3.63, 3.8) is 0 Å². The van der Waals surface area contributed by atoms with Crippen LogP contribution in [0.3, 0.4) is 0 Å². The first-order valence-electron chi connectivity index (χ1n) is 11.3. The van der Waals surface area contributed by atoms with Crippen LogP contribution in [0.15, 0.2) is 47.4 Å². The summed E-state index contributed by atoms with van der Waals surface area (Å²) in [4.78, 5) is 14.9. The second kappa shape index (κ2) is 10.6. The third-order valence-electron chi connectivity index (χ3n) is 6.30. The number of benzene rings is 2. The zero-order valence-corrected chi connectivity index (χ0v) is 20.4. The second-order valence-corrected chi connectivity index (χ2v) is 10.7. The fourth-order valence-electron chi connectivity index (χ4n) is 4.15. The topological polar surface area (TPSA) is 69.7 Å². The van der Waals surface area contributed by atoms with Gasteiger partial charge in [0.15, 0.2) is 0 Å². The van der Waals surface area contributed by atoms with Crippen LogP contribution in [0.4, 0.5) is 0 Å². The quantitative estimate of drug-likeness (QED) is 0.661. The van der Waals surface area contributed by atoms with Gasteiger partial charge in [0.1, 0.15) is 0 Å². The van der Waals surface area contributed by atoms with E-state index in [4.69, 9.17) is 0 Å². The predicted molar refractivity (Wildman–Crippen MR) is 128 cm³/mol. The molecule has 1 N–H and O–H groups in total. The molecule has 0 unspecified atom stereocenters. The van der Waals surface area contributed by atoms with Gasteiger partial charge in [0.25, 0.3) is 0 Å². The molecule has 0 bridgehead atoms. The molecule has 2 aromatic carbocycles. The molecule has 1 atom stereocenters. The molecule has 1 fully saturated rings. The van der Waals surface area contributed by atoms with Gasteiger partial charge in [-0.3, -0.25) is 4.79 Å². The summed E-state index contributed by atoms with van der Waals surface area (Å²) in [5, 5.41) is 3.24. The Morgan fingerprint density at radius 3 is 2.31 bits per heavy atom. The van der Waals surface area contributed by atoms with Crippen molar-refractivity contribution in [3.05, 3.63) is 64.7 Å². The predicted octanol–water partition coefficient (Wildman–Crippen LogP) is 3.23. The Balaban J connectivity index is 1.86. The third kappa shape index (κ3) is 5.77. The Labute approximate surface area is 192 Å². The highest BCUT2D eigenvalue weighted by Crippen LogP contribution is 2.26. The number of hydrogen-bond acceptors (Lipinski definition) is 4. The second-order valence-electron chi connectivity index (χ2n) is 8.76. The van der Waals surface area contributed by atoms with Crippen molar-refractivity contribution in [2.45, 2.75) is 44.9 Å². The first-order valence-corrected chi connectivity index (χ1v) is 12.8. The van der Waals surface area contributed by atoms with Gasteiger partial charge in [-0.1, -0.05) is 43.3 Å². The number of sulfonamides is 1. The molecule has 3 rings (SSSR count). The maximum atomic E-state index is 13.8. The molecule has 1 saturated heterocycles. The van der Waals surface area contributed by atoms with Gasteiger partial charge in [0, 0.05) is 45.7 Å². The van der Waals surface area contributed by atoms with E-state index in [1.165, 1.54) is 4.31 Å². The summed E-state index contributed by atoms with van der Waals surface area (Å²) >= 11 is 0. The molecule has 0 saturated carbocycles. The van der Waals surface area contributed by atoms with E-state index in [-0.39, 0.29) is 24.8 Å². The monoisotopic (exact) mass is 457 g/mol. The molecule has 1 aliphatic rings. The van der Waals surface area contributed by atoms with Gasteiger partial charge in [-0.15, -0.1) is 0 Å². The Hall–Kier alpha value is -2.22. The van der Waals surface area contributed by atoms with Gasteiger partial charge in [-0.2, -0.15) is 4.31 Å². The molecule has 1 amide bonds. The Morgan fingerprint density at radius 2 is 1.66 bits per heavy atom. The van der Waals surface area contributed by atoms with Crippen LogP contribution < -0.4 is 5.32 Å². The summed E-state index contributed by atoms with van der Waals surface area (Å²) < 4.78 is 29.0. The SMILES string of the molecule is Cc1cc(C)c(S(=O)(=O)N(CCC(=O)N2CCNCC2)C[C@@H](C)c2ccccc2)cc1C. The first-order chi connectivity index (χ1) is 15.2. The van der Waals surface area contributed by atoms with Crippen LogP contribution in [0, 0.1) is 20.8 Å². The Morgan fingerprint density at radius 1 is 1.03 bits per heavy atom. The van der Waals surface area contributed by atoms with E-state index in [1.807, 2.05) is 69.0 Å². The smallest absolute Gasteiger partial charge is 0.243 e. The van der Waals surface area contributed by atoms with Crippen LogP contribution in [-0.4, -0.2) is 62.8 Å². The molecule has 0 radical (unpaired) electrons. The van der Waals surface area contributed by atoms with Gasteiger partial charge in [-0.25, -0.2) is 8.42 Å². The van der Waals surface area contributed by atoms with Gasteiger partial charge in [0.2, 0.25) is 15.9 Å². The maximum absolute atomic E-state index is 13.8. The van der Waals surface area contributed by atoms with Gasteiger partial charge >= 0.3 is 0 Å². The third-order valence-corrected chi connectivity index (χ3v) is 8.31. The number of hydrogen-bond donors (Lipinski definition) is 1. The van der Waals surface area contributed by atoms with Crippen molar-refractivity contribution in [1.82, 2.24) is 14.5 Å².